The maximum Gasteiger partial charge on any atom is 0.416 e. The Morgan fingerprint density at radius 3 is 2.21 bits per heavy atom. The lowest BCUT2D eigenvalue weighted by molar-refractivity contribution is -0.137. The monoisotopic (exact) mass is 285 g/mol. The third kappa shape index (κ3) is 5.50. The number of hydrogen-bond acceptors (Lipinski definition) is 1. The summed E-state index contributed by atoms with van der Waals surface area (Å²) >= 11 is 0. The van der Waals surface area contributed by atoms with Gasteiger partial charge in [-0.05, 0) is 30.5 Å². The van der Waals surface area contributed by atoms with E-state index in [0.717, 1.165) is 12.1 Å². The number of nitrogens with two attached hydrogens (primary N) is 1. The molecule has 2 N–H and O–H groups in total. The summed E-state index contributed by atoms with van der Waals surface area (Å²) in [6.07, 6.45) is -9.96. The highest BCUT2D eigenvalue weighted by atomic mass is 19.4. The van der Waals surface area contributed by atoms with Crippen LogP contribution in [0, 0.1) is 0 Å². The van der Waals surface area contributed by atoms with Crippen molar-refractivity contribution in [1.82, 2.24) is 0 Å². The summed E-state index contributed by atoms with van der Waals surface area (Å²) in [7, 11) is 0. The van der Waals surface area contributed by atoms with Gasteiger partial charge >= 0.3 is 12.4 Å². The summed E-state index contributed by atoms with van der Waals surface area (Å²) in [6, 6.07) is 3.52. The summed E-state index contributed by atoms with van der Waals surface area (Å²) in [5, 5.41) is 0. The molecule has 1 aromatic carbocycles. The van der Waals surface area contributed by atoms with Gasteiger partial charge in [0.15, 0.2) is 0 Å². The van der Waals surface area contributed by atoms with Gasteiger partial charge in [-0.25, -0.2) is 0 Å². The molecule has 0 spiro atoms. The molecule has 0 fully saturated rings. The van der Waals surface area contributed by atoms with E-state index in [9.17, 15) is 26.3 Å². The molecule has 108 valence electrons. The molecule has 1 nitrogen and oxygen atoms in total. The van der Waals surface area contributed by atoms with Gasteiger partial charge in [0, 0.05) is 12.5 Å². The van der Waals surface area contributed by atoms with Gasteiger partial charge in [0.25, 0.3) is 0 Å². The second-order valence-electron chi connectivity index (χ2n) is 4.24. The standard InChI is InChI=1S/C12H13F6N/c13-11(14,15)6-2-5-10(19)8-3-1-4-9(7-8)12(16,17)18/h1,3-4,7,10H,2,5-6,19H2. The van der Waals surface area contributed by atoms with Gasteiger partial charge in [-0.15, -0.1) is 0 Å². The lowest BCUT2D eigenvalue weighted by Crippen LogP contribution is -2.14. The van der Waals surface area contributed by atoms with Crippen LogP contribution >= 0.6 is 0 Å². The lowest BCUT2D eigenvalue weighted by atomic mass is 9.99. The SMILES string of the molecule is NC(CCCC(F)(F)F)c1cccc(C(F)(F)F)c1. The second-order valence-corrected chi connectivity index (χ2v) is 4.24. The molecule has 0 aliphatic rings. The van der Waals surface area contributed by atoms with E-state index >= 15 is 0 Å². The third-order valence-electron chi connectivity index (χ3n) is 2.62. The van der Waals surface area contributed by atoms with E-state index < -0.39 is 30.4 Å². The van der Waals surface area contributed by atoms with Crippen LogP contribution in [-0.4, -0.2) is 6.18 Å². The minimum atomic E-state index is -4.48. The molecule has 1 aromatic rings. The largest absolute Gasteiger partial charge is 0.416 e. The van der Waals surface area contributed by atoms with Crippen molar-refractivity contribution in [3.63, 3.8) is 0 Å². The summed E-state index contributed by atoms with van der Waals surface area (Å²) in [5.41, 5.74) is 4.94. The third-order valence-corrected chi connectivity index (χ3v) is 2.62. The summed E-state index contributed by atoms with van der Waals surface area (Å²) < 4.78 is 73.2. The van der Waals surface area contributed by atoms with Crippen LogP contribution in [0.15, 0.2) is 24.3 Å². The molecule has 0 heterocycles. The minimum absolute atomic E-state index is 0.0131. The molecule has 0 radical (unpaired) electrons. The van der Waals surface area contributed by atoms with Gasteiger partial charge in [0.1, 0.15) is 0 Å². The van der Waals surface area contributed by atoms with Crippen LogP contribution in [0.25, 0.3) is 0 Å². The molecule has 0 aliphatic carbocycles. The maximum absolute atomic E-state index is 12.4. The molecular formula is C12H13F6N. The predicted molar refractivity (Wildman–Crippen MR) is 58.3 cm³/mol. The van der Waals surface area contributed by atoms with E-state index in [0.29, 0.717) is 0 Å². The Hall–Kier alpha value is -1.24. The summed E-state index contributed by atoms with van der Waals surface area (Å²) in [5.74, 6) is 0. The Kier molecular flexibility index (Phi) is 4.84. The Morgan fingerprint density at radius 1 is 1.05 bits per heavy atom. The normalized spacial score (nSPS) is 14.5. The Balaban J connectivity index is 2.65. The molecule has 0 bridgehead atoms. The predicted octanol–water partition coefficient (Wildman–Crippen LogP) is 4.44. The fourth-order valence-electron chi connectivity index (χ4n) is 1.63. The van der Waals surface area contributed by atoms with Crippen molar-refractivity contribution in [2.24, 2.45) is 5.73 Å². The Bertz CT molecular complexity index is 409. The van der Waals surface area contributed by atoms with Crippen LogP contribution < -0.4 is 5.73 Å². The first-order chi connectivity index (χ1) is 8.59. The molecule has 19 heavy (non-hydrogen) atoms. The van der Waals surface area contributed by atoms with E-state index in [2.05, 4.69) is 0 Å². The van der Waals surface area contributed by atoms with E-state index in [-0.39, 0.29) is 18.4 Å². The number of rotatable bonds is 4. The number of hydrogen-bond donors (Lipinski definition) is 1. The van der Waals surface area contributed by atoms with Gasteiger partial charge in [0.05, 0.1) is 5.56 Å². The molecule has 0 saturated carbocycles. The highest BCUT2D eigenvalue weighted by molar-refractivity contribution is 5.27. The van der Waals surface area contributed by atoms with Gasteiger partial charge in [0.2, 0.25) is 0 Å². The Labute approximate surface area is 106 Å². The van der Waals surface area contributed by atoms with Gasteiger partial charge in [-0.3, -0.25) is 0 Å². The topological polar surface area (TPSA) is 26.0 Å². The highest BCUT2D eigenvalue weighted by Crippen LogP contribution is 2.31. The first-order valence-electron chi connectivity index (χ1n) is 5.59. The molecule has 7 heteroatoms. The molecule has 0 amide bonds. The first kappa shape index (κ1) is 15.8. The summed E-state index contributed by atoms with van der Waals surface area (Å²) in [4.78, 5) is 0. The van der Waals surface area contributed by atoms with Gasteiger partial charge < -0.3 is 5.73 Å². The molecule has 1 unspecified atom stereocenters. The van der Waals surface area contributed by atoms with Gasteiger partial charge in [-0.2, -0.15) is 26.3 Å². The van der Waals surface area contributed by atoms with E-state index in [1.807, 2.05) is 0 Å². The van der Waals surface area contributed by atoms with Crippen molar-refractivity contribution >= 4 is 0 Å². The molecular weight excluding hydrogens is 272 g/mol. The van der Waals surface area contributed by atoms with Crippen molar-refractivity contribution in [1.29, 1.82) is 0 Å². The van der Waals surface area contributed by atoms with Crippen molar-refractivity contribution in [3.8, 4) is 0 Å². The van der Waals surface area contributed by atoms with Crippen LogP contribution in [0.5, 0.6) is 0 Å². The zero-order chi connectivity index (χ0) is 14.7. The van der Waals surface area contributed by atoms with Crippen LogP contribution in [0.1, 0.15) is 36.4 Å². The summed E-state index contributed by atoms with van der Waals surface area (Å²) in [6.45, 7) is 0. The second kappa shape index (κ2) is 5.81. The lowest BCUT2D eigenvalue weighted by Gasteiger charge is -2.15. The molecule has 1 rings (SSSR count). The van der Waals surface area contributed by atoms with Crippen molar-refractivity contribution < 1.29 is 26.3 Å². The fraction of sp³-hybridized carbons (Fsp3) is 0.500. The number of benzene rings is 1. The van der Waals surface area contributed by atoms with Crippen molar-refractivity contribution in [2.75, 3.05) is 0 Å². The number of halogens is 6. The fourth-order valence-corrected chi connectivity index (χ4v) is 1.63. The van der Waals surface area contributed by atoms with Crippen LogP contribution in [0.4, 0.5) is 26.3 Å². The Morgan fingerprint density at radius 2 is 1.68 bits per heavy atom. The van der Waals surface area contributed by atoms with Crippen LogP contribution in [-0.2, 0) is 6.18 Å². The van der Waals surface area contributed by atoms with Crippen LogP contribution in [0.3, 0.4) is 0 Å². The average molecular weight is 285 g/mol. The van der Waals surface area contributed by atoms with Gasteiger partial charge in [-0.1, -0.05) is 12.1 Å². The zero-order valence-electron chi connectivity index (χ0n) is 9.85. The minimum Gasteiger partial charge on any atom is -0.324 e. The average Bonchev–Trinajstić information content (AvgIpc) is 2.26. The molecule has 0 aromatic heterocycles. The van der Waals surface area contributed by atoms with Crippen molar-refractivity contribution in [3.05, 3.63) is 35.4 Å². The zero-order valence-corrected chi connectivity index (χ0v) is 9.85. The van der Waals surface area contributed by atoms with E-state index in [4.69, 9.17) is 5.73 Å². The van der Waals surface area contributed by atoms with Crippen LogP contribution in [0.2, 0.25) is 0 Å². The molecule has 1 atom stereocenters. The highest BCUT2D eigenvalue weighted by Gasteiger charge is 2.31. The quantitative estimate of drug-likeness (QED) is 0.813. The maximum atomic E-state index is 12.4. The van der Waals surface area contributed by atoms with E-state index in [1.165, 1.54) is 12.1 Å². The molecule has 0 aliphatic heterocycles. The smallest absolute Gasteiger partial charge is 0.324 e. The van der Waals surface area contributed by atoms with Crippen molar-refractivity contribution in [2.45, 2.75) is 37.7 Å². The molecule has 0 saturated heterocycles. The number of alkyl halides is 6. The van der Waals surface area contributed by atoms with E-state index in [1.54, 1.807) is 0 Å². The first-order valence-corrected chi connectivity index (χ1v) is 5.59.